The molecule has 0 radical (unpaired) electrons. The van der Waals surface area contributed by atoms with Crippen molar-refractivity contribution < 1.29 is 4.79 Å². The van der Waals surface area contributed by atoms with Crippen LogP contribution >= 0.6 is 15.9 Å². The predicted molar refractivity (Wildman–Crippen MR) is 86.4 cm³/mol. The monoisotopic (exact) mass is 341 g/mol. The zero-order valence-corrected chi connectivity index (χ0v) is 12.9. The van der Waals surface area contributed by atoms with Crippen LogP contribution in [0.5, 0.6) is 0 Å². The van der Waals surface area contributed by atoms with Gasteiger partial charge in [-0.05, 0) is 41.1 Å². The first kappa shape index (κ1) is 13.7. The summed E-state index contributed by atoms with van der Waals surface area (Å²) < 4.78 is 0.766. The van der Waals surface area contributed by atoms with E-state index in [-0.39, 0.29) is 5.91 Å². The maximum absolute atomic E-state index is 12.3. The van der Waals surface area contributed by atoms with Crippen molar-refractivity contribution in [1.82, 2.24) is 9.97 Å². The van der Waals surface area contributed by atoms with E-state index >= 15 is 0 Å². The number of benzene rings is 1. The van der Waals surface area contributed by atoms with Crippen LogP contribution in [-0.4, -0.2) is 15.9 Å². The SMILES string of the molecule is Cc1ccc2cccc(NC(=O)c3cncc(Br)c3)c2n1. The third kappa shape index (κ3) is 2.92. The maximum atomic E-state index is 12.3. The Labute approximate surface area is 130 Å². The van der Waals surface area contributed by atoms with Gasteiger partial charge in [-0.25, -0.2) is 0 Å². The Kier molecular flexibility index (Phi) is 3.66. The van der Waals surface area contributed by atoms with Crippen LogP contribution in [0.2, 0.25) is 0 Å². The van der Waals surface area contributed by atoms with Crippen molar-refractivity contribution in [1.29, 1.82) is 0 Å². The molecule has 5 heteroatoms. The molecule has 104 valence electrons. The average molecular weight is 342 g/mol. The summed E-state index contributed by atoms with van der Waals surface area (Å²) in [7, 11) is 0. The summed E-state index contributed by atoms with van der Waals surface area (Å²) in [5.41, 5.74) is 2.89. The summed E-state index contributed by atoms with van der Waals surface area (Å²) in [4.78, 5) is 20.8. The van der Waals surface area contributed by atoms with Gasteiger partial charge in [-0.3, -0.25) is 14.8 Å². The van der Waals surface area contributed by atoms with Crippen LogP contribution in [-0.2, 0) is 0 Å². The molecule has 0 aliphatic rings. The van der Waals surface area contributed by atoms with E-state index in [1.807, 2.05) is 37.3 Å². The molecule has 1 aromatic carbocycles. The van der Waals surface area contributed by atoms with Crippen molar-refractivity contribution in [2.75, 3.05) is 5.32 Å². The Hall–Kier alpha value is -2.27. The van der Waals surface area contributed by atoms with E-state index in [1.165, 1.54) is 6.20 Å². The number of pyridine rings is 2. The largest absolute Gasteiger partial charge is 0.320 e. The molecule has 3 aromatic rings. The lowest BCUT2D eigenvalue weighted by Crippen LogP contribution is -2.12. The van der Waals surface area contributed by atoms with Crippen molar-refractivity contribution in [2.45, 2.75) is 6.92 Å². The standard InChI is InChI=1S/C16H12BrN3O/c1-10-5-6-11-3-2-4-14(15(11)19-10)20-16(21)12-7-13(17)9-18-8-12/h2-9H,1H3,(H,20,21). The highest BCUT2D eigenvalue weighted by Crippen LogP contribution is 2.22. The van der Waals surface area contributed by atoms with Crippen molar-refractivity contribution >= 4 is 38.4 Å². The van der Waals surface area contributed by atoms with Gasteiger partial charge in [0.15, 0.2) is 0 Å². The van der Waals surface area contributed by atoms with Crippen LogP contribution in [0.25, 0.3) is 10.9 Å². The molecule has 21 heavy (non-hydrogen) atoms. The van der Waals surface area contributed by atoms with Gasteiger partial charge in [0, 0.05) is 27.9 Å². The number of anilines is 1. The maximum Gasteiger partial charge on any atom is 0.257 e. The second-order valence-corrected chi connectivity index (χ2v) is 5.59. The molecule has 4 nitrogen and oxygen atoms in total. The Morgan fingerprint density at radius 2 is 2.05 bits per heavy atom. The van der Waals surface area contributed by atoms with E-state index in [4.69, 9.17) is 0 Å². The highest BCUT2D eigenvalue weighted by atomic mass is 79.9. The number of rotatable bonds is 2. The third-order valence-corrected chi connectivity index (χ3v) is 3.51. The minimum absolute atomic E-state index is 0.209. The first-order chi connectivity index (χ1) is 10.1. The summed E-state index contributed by atoms with van der Waals surface area (Å²) in [5.74, 6) is -0.209. The Bertz CT molecular complexity index is 833. The van der Waals surface area contributed by atoms with Crippen molar-refractivity contribution in [3.8, 4) is 0 Å². The smallest absolute Gasteiger partial charge is 0.257 e. The highest BCUT2D eigenvalue weighted by molar-refractivity contribution is 9.10. The molecule has 1 N–H and O–H groups in total. The van der Waals surface area contributed by atoms with Gasteiger partial charge in [0.1, 0.15) is 0 Å². The van der Waals surface area contributed by atoms with Crippen LogP contribution in [0.15, 0.2) is 53.3 Å². The fourth-order valence-corrected chi connectivity index (χ4v) is 2.44. The summed E-state index contributed by atoms with van der Waals surface area (Å²) in [6.07, 6.45) is 3.17. The molecular formula is C16H12BrN3O. The zero-order valence-electron chi connectivity index (χ0n) is 11.3. The van der Waals surface area contributed by atoms with Crippen LogP contribution < -0.4 is 5.32 Å². The normalized spacial score (nSPS) is 10.6. The molecule has 0 atom stereocenters. The first-order valence-corrected chi connectivity index (χ1v) is 7.21. The molecule has 3 rings (SSSR count). The van der Waals surface area contributed by atoms with E-state index < -0.39 is 0 Å². The number of halogens is 1. The van der Waals surface area contributed by atoms with Crippen molar-refractivity contribution in [2.24, 2.45) is 0 Å². The van der Waals surface area contributed by atoms with Gasteiger partial charge < -0.3 is 5.32 Å². The summed E-state index contributed by atoms with van der Waals surface area (Å²) >= 11 is 3.31. The number of carbonyl (C=O) groups excluding carboxylic acids is 1. The lowest BCUT2D eigenvalue weighted by Gasteiger charge is -2.08. The van der Waals surface area contributed by atoms with Crippen LogP contribution in [0.4, 0.5) is 5.69 Å². The number of nitrogens with one attached hydrogen (secondary N) is 1. The summed E-state index contributed by atoms with van der Waals surface area (Å²) in [5, 5.41) is 3.88. The molecule has 0 spiro atoms. The molecule has 0 bridgehead atoms. The second-order valence-electron chi connectivity index (χ2n) is 4.68. The molecule has 0 aliphatic carbocycles. The van der Waals surface area contributed by atoms with Gasteiger partial charge in [0.2, 0.25) is 0 Å². The number of aromatic nitrogens is 2. The summed E-state index contributed by atoms with van der Waals surface area (Å²) in [6.45, 7) is 1.93. The topological polar surface area (TPSA) is 54.9 Å². The lowest BCUT2D eigenvalue weighted by molar-refractivity contribution is 0.102. The molecule has 0 aliphatic heterocycles. The fraction of sp³-hybridized carbons (Fsp3) is 0.0625. The van der Waals surface area contributed by atoms with Crippen molar-refractivity contribution in [3.63, 3.8) is 0 Å². The lowest BCUT2D eigenvalue weighted by atomic mass is 10.1. The third-order valence-electron chi connectivity index (χ3n) is 3.07. The summed E-state index contributed by atoms with van der Waals surface area (Å²) in [6, 6.07) is 11.4. The second kappa shape index (κ2) is 5.61. The Balaban J connectivity index is 1.98. The quantitative estimate of drug-likeness (QED) is 0.767. The fourth-order valence-electron chi connectivity index (χ4n) is 2.08. The molecule has 1 amide bonds. The number of hydrogen-bond donors (Lipinski definition) is 1. The Morgan fingerprint density at radius 3 is 2.86 bits per heavy atom. The molecule has 0 fully saturated rings. The number of carbonyl (C=O) groups is 1. The van der Waals surface area contributed by atoms with Gasteiger partial charge >= 0.3 is 0 Å². The average Bonchev–Trinajstić information content (AvgIpc) is 2.48. The number of aryl methyl sites for hydroxylation is 1. The molecule has 2 heterocycles. The minimum Gasteiger partial charge on any atom is -0.320 e. The van der Waals surface area contributed by atoms with Crippen LogP contribution in [0, 0.1) is 6.92 Å². The zero-order chi connectivity index (χ0) is 14.8. The molecular weight excluding hydrogens is 330 g/mol. The number of nitrogens with zero attached hydrogens (tertiary/aromatic N) is 2. The van der Waals surface area contributed by atoms with Crippen molar-refractivity contribution in [3.05, 3.63) is 64.5 Å². The van der Waals surface area contributed by atoms with E-state index in [9.17, 15) is 4.79 Å². The molecule has 2 aromatic heterocycles. The number of fused-ring (bicyclic) bond motifs is 1. The molecule has 0 saturated carbocycles. The van der Waals surface area contributed by atoms with E-state index in [2.05, 4.69) is 31.2 Å². The number of para-hydroxylation sites is 1. The highest BCUT2D eigenvalue weighted by Gasteiger charge is 2.10. The van der Waals surface area contributed by atoms with Gasteiger partial charge in [0.05, 0.1) is 16.8 Å². The predicted octanol–water partition coefficient (Wildman–Crippen LogP) is 3.95. The number of hydrogen-bond acceptors (Lipinski definition) is 3. The van der Waals surface area contributed by atoms with Crippen LogP contribution in [0.3, 0.4) is 0 Å². The number of amides is 1. The van der Waals surface area contributed by atoms with Crippen LogP contribution in [0.1, 0.15) is 16.1 Å². The van der Waals surface area contributed by atoms with E-state index in [0.717, 1.165) is 21.1 Å². The Morgan fingerprint density at radius 1 is 1.19 bits per heavy atom. The molecule has 0 saturated heterocycles. The van der Waals surface area contributed by atoms with E-state index in [0.29, 0.717) is 11.3 Å². The van der Waals surface area contributed by atoms with Gasteiger partial charge in [-0.15, -0.1) is 0 Å². The van der Waals surface area contributed by atoms with Gasteiger partial charge in [-0.1, -0.05) is 18.2 Å². The molecule has 0 unspecified atom stereocenters. The van der Waals surface area contributed by atoms with Gasteiger partial charge in [0.25, 0.3) is 5.91 Å². The van der Waals surface area contributed by atoms with Gasteiger partial charge in [-0.2, -0.15) is 0 Å². The van der Waals surface area contributed by atoms with E-state index in [1.54, 1.807) is 12.3 Å². The minimum atomic E-state index is -0.209. The first-order valence-electron chi connectivity index (χ1n) is 6.42.